The largest absolute Gasteiger partial charge is 0.496 e. The Balaban J connectivity index is 1.95. The van der Waals surface area contributed by atoms with Crippen molar-refractivity contribution < 1.29 is 17.9 Å². The number of hydrogen-bond acceptors (Lipinski definition) is 6. The van der Waals surface area contributed by atoms with Gasteiger partial charge in [0.1, 0.15) is 5.75 Å². The van der Waals surface area contributed by atoms with Crippen molar-refractivity contribution in [3.05, 3.63) is 70.6 Å². The summed E-state index contributed by atoms with van der Waals surface area (Å²) in [4.78, 5) is 20.4. The Morgan fingerprint density at radius 3 is 2.17 bits per heavy atom. The van der Waals surface area contributed by atoms with Gasteiger partial charge in [-0.15, -0.1) is 0 Å². The average molecular weight is 508 g/mol. The Morgan fingerprint density at radius 1 is 0.917 bits per heavy atom. The highest BCUT2D eigenvalue weighted by Crippen LogP contribution is 2.42. The van der Waals surface area contributed by atoms with Crippen LogP contribution in [0.3, 0.4) is 0 Å². The van der Waals surface area contributed by atoms with Crippen LogP contribution in [-0.2, 0) is 15.4 Å². The van der Waals surface area contributed by atoms with E-state index in [0.717, 1.165) is 28.3 Å². The van der Waals surface area contributed by atoms with E-state index in [1.165, 1.54) is 7.11 Å². The first-order valence-electron chi connectivity index (χ1n) is 11.3. The maximum absolute atomic E-state index is 12.9. The third kappa shape index (κ3) is 5.06. The Morgan fingerprint density at radius 2 is 1.61 bits per heavy atom. The van der Waals surface area contributed by atoms with Crippen molar-refractivity contribution in [2.45, 2.75) is 26.2 Å². The number of fused-ring (bicyclic) bond motifs is 1. The lowest BCUT2D eigenvalue weighted by Gasteiger charge is -2.25. The number of H-pyrrole nitrogens is 1. The number of methoxy groups -OCH3 is 2. The van der Waals surface area contributed by atoms with Crippen molar-refractivity contribution in [1.82, 2.24) is 9.97 Å². The van der Waals surface area contributed by atoms with E-state index in [1.54, 1.807) is 37.6 Å². The fourth-order valence-electron chi connectivity index (χ4n) is 4.15. The van der Waals surface area contributed by atoms with E-state index in [0.29, 0.717) is 34.0 Å². The van der Waals surface area contributed by atoms with Crippen LogP contribution >= 0.6 is 0 Å². The number of nitrogens with zero attached hydrogens (tertiary/aromatic N) is 1. The normalized spacial score (nSPS) is 11.9. The summed E-state index contributed by atoms with van der Waals surface area (Å²) in [5.41, 5.74) is 4.35. The predicted molar refractivity (Wildman–Crippen MR) is 144 cm³/mol. The number of anilines is 1. The summed E-state index contributed by atoms with van der Waals surface area (Å²) in [6.07, 6.45) is 2.84. The van der Waals surface area contributed by atoms with Crippen molar-refractivity contribution in [2.75, 3.05) is 25.2 Å². The van der Waals surface area contributed by atoms with Crippen LogP contribution in [0.15, 0.2) is 59.5 Å². The van der Waals surface area contributed by atoms with Crippen molar-refractivity contribution in [1.29, 1.82) is 0 Å². The molecule has 0 amide bonds. The molecule has 0 saturated carbocycles. The van der Waals surface area contributed by atoms with Crippen LogP contribution in [0.5, 0.6) is 11.6 Å². The number of sulfonamides is 1. The minimum Gasteiger partial charge on any atom is -0.496 e. The fraction of sp³-hybridized carbons (Fsp3) is 0.259. The molecule has 8 nitrogen and oxygen atoms in total. The lowest BCUT2D eigenvalue weighted by molar-refractivity contribution is 0.397. The van der Waals surface area contributed by atoms with Gasteiger partial charge in [-0.25, -0.2) is 8.42 Å². The molecule has 0 saturated heterocycles. The number of ether oxygens (including phenoxy) is 2. The fourth-order valence-corrected chi connectivity index (χ4v) is 4.71. The minimum atomic E-state index is -3.37. The van der Waals surface area contributed by atoms with Crippen LogP contribution in [-0.4, -0.2) is 38.9 Å². The lowest BCUT2D eigenvalue weighted by atomic mass is 9.83. The highest BCUT2D eigenvalue weighted by molar-refractivity contribution is 7.92. The highest BCUT2D eigenvalue weighted by atomic mass is 32.2. The van der Waals surface area contributed by atoms with E-state index < -0.39 is 10.0 Å². The molecule has 188 valence electrons. The van der Waals surface area contributed by atoms with Crippen LogP contribution in [0, 0.1) is 0 Å². The first kappa shape index (κ1) is 25.2. The van der Waals surface area contributed by atoms with Crippen LogP contribution in [0.2, 0.25) is 0 Å². The number of aromatic nitrogens is 2. The van der Waals surface area contributed by atoms with E-state index in [2.05, 4.69) is 30.5 Å². The van der Waals surface area contributed by atoms with Crippen molar-refractivity contribution in [3.63, 3.8) is 0 Å². The highest BCUT2D eigenvalue weighted by Gasteiger charge is 2.25. The van der Waals surface area contributed by atoms with E-state index in [4.69, 9.17) is 14.5 Å². The standard InChI is InChI=1S/C27H29N3O5S/c1-27(2,3)22-14-20(19-11-12-23(34-4)29-26(19)31)24-21(25(22)35-5)13-17(15-28-24)16-7-9-18(10-8-16)30-36(6,32)33/h7-15,30H,1-6H3,(H,29,31). The van der Waals surface area contributed by atoms with Crippen molar-refractivity contribution in [3.8, 4) is 33.9 Å². The molecule has 0 aliphatic rings. The van der Waals surface area contributed by atoms with E-state index >= 15 is 0 Å². The van der Waals surface area contributed by atoms with Gasteiger partial charge in [-0.05, 0) is 47.4 Å². The molecule has 0 aliphatic carbocycles. The summed E-state index contributed by atoms with van der Waals surface area (Å²) >= 11 is 0. The smallest absolute Gasteiger partial charge is 0.258 e. The molecule has 36 heavy (non-hydrogen) atoms. The molecular weight excluding hydrogens is 478 g/mol. The van der Waals surface area contributed by atoms with Gasteiger partial charge in [-0.2, -0.15) is 0 Å². The zero-order chi connectivity index (χ0) is 26.3. The van der Waals surface area contributed by atoms with Gasteiger partial charge >= 0.3 is 0 Å². The Hall–Kier alpha value is -3.85. The molecule has 2 aromatic heterocycles. The number of rotatable bonds is 6. The van der Waals surface area contributed by atoms with Crippen LogP contribution in [0.25, 0.3) is 33.2 Å². The molecule has 4 rings (SSSR count). The zero-order valence-electron chi connectivity index (χ0n) is 21.1. The zero-order valence-corrected chi connectivity index (χ0v) is 21.9. The summed E-state index contributed by atoms with van der Waals surface area (Å²) in [6.45, 7) is 6.26. The summed E-state index contributed by atoms with van der Waals surface area (Å²) in [7, 11) is -0.240. The first-order valence-corrected chi connectivity index (χ1v) is 13.2. The van der Waals surface area contributed by atoms with E-state index in [9.17, 15) is 13.2 Å². The SMILES string of the molecule is COc1ccc(-c2cc(C(C)(C)C)c(OC)c3cc(-c4ccc(NS(C)(=O)=O)cc4)cnc23)c(=O)[nH]1. The summed E-state index contributed by atoms with van der Waals surface area (Å²) in [5.74, 6) is 1.07. The van der Waals surface area contributed by atoms with Gasteiger partial charge in [0.15, 0.2) is 5.88 Å². The van der Waals surface area contributed by atoms with Gasteiger partial charge in [-0.3, -0.25) is 19.5 Å². The number of aromatic amines is 1. The lowest BCUT2D eigenvalue weighted by Crippen LogP contribution is -2.15. The Labute approximate surface area is 210 Å². The Kier molecular flexibility index (Phi) is 6.53. The molecule has 4 aromatic rings. The molecule has 0 aliphatic heterocycles. The van der Waals surface area contributed by atoms with Crippen LogP contribution in [0.1, 0.15) is 26.3 Å². The van der Waals surface area contributed by atoms with Crippen molar-refractivity contribution >= 4 is 26.6 Å². The van der Waals surface area contributed by atoms with Gasteiger partial charge in [0.25, 0.3) is 5.56 Å². The molecule has 0 bridgehead atoms. The second kappa shape index (κ2) is 9.31. The maximum Gasteiger partial charge on any atom is 0.258 e. The summed E-state index contributed by atoms with van der Waals surface area (Å²) in [6, 6.07) is 14.4. The summed E-state index contributed by atoms with van der Waals surface area (Å²) in [5, 5.41) is 0.769. The second-order valence-corrected chi connectivity index (χ2v) is 11.3. The topological polar surface area (TPSA) is 110 Å². The van der Waals surface area contributed by atoms with Gasteiger partial charge < -0.3 is 9.47 Å². The maximum atomic E-state index is 12.9. The quantitative estimate of drug-likeness (QED) is 0.382. The molecule has 2 N–H and O–H groups in total. The molecule has 0 atom stereocenters. The number of hydrogen-bond donors (Lipinski definition) is 2. The molecule has 2 heterocycles. The molecule has 0 fully saturated rings. The first-order chi connectivity index (χ1) is 16.9. The van der Waals surface area contributed by atoms with Gasteiger partial charge in [0, 0.05) is 39.5 Å². The minimum absolute atomic E-state index is 0.275. The molecule has 0 spiro atoms. The van der Waals surface area contributed by atoms with Crippen LogP contribution < -0.4 is 19.8 Å². The number of pyridine rings is 2. The number of nitrogens with one attached hydrogen (secondary N) is 2. The second-order valence-electron chi connectivity index (χ2n) is 9.60. The molecule has 9 heteroatoms. The monoisotopic (exact) mass is 507 g/mol. The number of benzene rings is 2. The molecule has 0 unspecified atom stereocenters. The third-order valence-electron chi connectivity index (χ3n) is 5.85. The van der Waals surface area contributed by atoms with Gasteiger partial charge in [0.2, 0.25) is 10.0 Å². The predicted octanol–water partition coefficient (Wildman–Crippen LogP) is 4.94. The van der Waals surface area contributed by atoms with Gasteiger partial charge in [-0.1, -0.05) is 32.9 Å². The molecule has 2 aromatic carbocycles. The molecular formula is C27H29N3O5S. The molecule has 0 radical (unpaired) electrons. The summed E-state index contributed by atoms with van der Waals surface area (Å²) < 4.78 is 36.6. The third-order valence-corrected chi connectivity index (χ3v) is 6.45. The average Bonchev–Trinajstić information content (AvgIpc) is 2.81. The van der Waals surface area contributed by atoms with E-state index in [1.807, 2.05) is 24.3 Å². The van der Waals surface area contributed by atoms with E-state index in [-0.39, 0.29) is 11.0 Å². The van der Waals surface area contributed by atoms with Crippen molar-refractivity contribution in [2.24, 2.45) is 0 Å². The Bertz CT molecular complexity index is 1600. The van der Waals surface area contributed by atoms with Crippen LogP contribution in [0.4, 0.5) is 5.69 Å². The van der Waals surface area contributed by atoms with Gasteiger partial charge in [0.05, 0.1) is 26.0 Å².